The van der Waals surface area contributed by atoms with Gasteiger partial charge in [0, 0.05) is 6.04 Å². The van der Waals surface area contributed by atoms with E-state index in [0.29, 0.717) is 6.04 Å². The van der Waals surface area contributed by atoms with E-state index in [1.807, 2.05) is 13.3 Å². The molecule has 4 nitrogen and oxygen atoms in total. The SMILES string of the molecule is CC(N)c1nncn1C1CCCCC1. The van der Waals surface area contributed by atoms with Gasteiger partial charge in [0.1, 0.15) is 12.2 Å². The van der Waals surface area contributed by atoms with Crippen LogP contribution in [-0.4, -0.2) is 14.8 Å². The third kappa shape index (κ3) is 1.80. The molecule has 1 unspecified atom stereocenters. The molecule has 4 heteroatoms. The minimum absolute atomic E-state index is 0.0144. The molecule has 1 fully saturated rings. The summed E-state index contributed by atoms with van der Waals surface area (Å²) in [4.78, 5) is 0. The molecule has 2 N–H and O–H groups in total. The van der Waals surface area contributed by atoms with Crippen LogP contribution in [0.25, 0.3) is 0 Å². The number of nitrogens with zero attached hydrogens (tertiary/aromatic N) is 3. The summed E-state index contributed by atoms with van der Waals surface area (Å²) in [6.07, 6.45) is 8.33. The summed E-state index contributed by atoms with van der Waals surface area (Å²) in [5, 5.41) is 8.03. The zero-order chi connectivity index (χ0) is 9.97. The highest BCUT2D eigenvalue weighted by molar-refractivity contribution is 4.95. The molecule has 14 heavy (non-hydrogen) atoms. The Hall–Kier alpha value is -0.900. The second-order valence-corrected chi connectivity index (χ2v) is 4.18. The van der Waals surface area contributed by atoms with Gasteiger partial charge in [-0.05, 0) is 19.8 Å². The molecule has 1 atom stereocenters. The summed E-state index contributed by atoms with van der Waals surface area (Å²) in [6, 6.07) is 0.569. The van der Waals surface area contributed by atoms with E-state index in [9.17, 15) is 0 Å². The fourth-order valence-electron chi connectivity index (χ4n) is 2.22. The predicted molar refractivity (Wildman–Crippen MR) is 54.7 cm³/mol. The molecule has 1 aliphatic carbocycles. The standard InChI is InChI=1S/C10H18N4/c1-8(11)10-13-12-7-14(10)9-5-3-2-4-6-9/h7-9H,2-6,11H2,1H3. The Morgan fingerprint density at radius 1 is 1.43 bits per heavy atom. The molecule has 0 amide bonds. The summed E-state index contributed by atoms with van der Waals surface area (Å²) in [6.45, 7) is 1.96. The molecule has 0 aromatic carbocycles. The van der Waals surface area contributed by atoms with Crippen molar-refractivity contribution in [1.29, 1.82) is 0 Å². The molecule has 1 aromatic rings. The monoisotopic (exact) mass is 194 g/mol. The molecule has 1 heterocycles. The number of nitrogens with two attached hydrogens (primary N) is 1. The van der Waals surface area contributed by atoms with Crippen LogP contribution in [0.2, 0.25) is 0 Å². The van der Waals surface area contributed by atoms with Crippen LogP contribution in [0.15, 0.2) is 6.33 Å². The van der Waals surface area contributed by atoms with Gasteiger partial charge in [0.25, 0.3) is 0 Å². The molecule has 0 saturated heterocycles. The van der Waals surface area contributed by atoms with Gasteiger partial charge in [-0.25, -0.2) is 0 Å². The van der Waals surface area contributed by atoms with Crippen LogP contribution in [-0.2, 0) is 0 Å². The maximum atomic E-state index is 5.84. The van der Waals surface area contributed by atoms with E-state index < -0.39 is 0 Å². The van der Waals surface area contributed by atoms with E-state index in [1.165, 1.54) is 32.1 Å². The van der Waals surface area contributed by atoms with Crippen molar-refractivity contribution in [3.05, 3.63) is 12.2 Å². The molecule has 0 spiro atoms. The number of aromatic nitrogens is 3. The van der Waals surface area contributed by atoms with Crippen LogP contribution in [0.3, 0.4) is 0 Å². The van der Waals surface area contributed by atoms with Crippen LogP contribution in [0.4, 0.5) is 0 Å². The van der Waals surface area contributed by atoms with Crippen molar-refractivity contribution in [2.24, 2.45) is 5.73 Å². The number of hydrogen-bond acceptors (Lipinski definition) is 3. The van der Waals surface area contributed by atoms with Gasteiger partial charge in [-0.1, -0.05) is 19.3 Å². The first-order chi connectivity index (χ1) is 6.79. The van der Waals surface area contributed by atoms with Crippen molar-refractivity contribution in [3.63, 3.8) is 0 Å². The number of hydrogen-bond donors (Lipinski definition) is 1. The average molecular weight is 194 g/mol. The van der Waals surface area contributed by atoms with Crippen molar-refractivity contribution < 1.29 is 0 Å². The number of rotatable bonds is 2. The summed E-state index contributed by atoms with van der Waals surface area (Å²) in [5.74, 6) is 0.928. The third-order valence-corrected chi connectivity index (χ3v) is 2.98. The highest BCUT2D eigenvalue weighted by Gasteiger charge is 2.19. The van der Waals surface area contributed by atoms with Crippen LogP contribution >= 0.6 is 0 Å². The molecule has 78 valence electrons. The van der Waals surface area contributed by atoms with Crippen molar-refractivity contribution in [1.82, 2.24) is 14.8 Å². The maximum absolute atomic E-state index is 5.84. The van der Waals surface area contributed by atoms with E-state index in [1.54, 1.807) is 0 Å². The van der Waals surface area contributed by atoms with Crippen molar-refractivity contribution in [2.45, 2.75) is 51.1 Å². The maximum Gasteiger partial charge on any atom is 0.149 e. The topological polar surface area (TPSA) is 56.7 Å². The van der Waals surface area contributed by atoms with Crippen LogP contribution in [0.1, 0.15) is 56.9 Å². The van der Waals surface area contributed by atoms with Gasteiger partial charge in [0.15, 0.2) is 0 Å². The molecule has 0 radical (unpaired) electrons. The first-order valence-electron chi connectivity index (χ1n) is 5.44. The first-order valence-corrected chi connectivity index (χ1v) is 5.44. The molecule has 1 aliphatic rings. The Labute approximate surface area is 84.5 Å². The summed E-state index contributed by atoms with van der Waals surface area (Å²) < 4.78 is 2.17. The summed E-state index contributed by atoms with van der Waals surface area (Å²) in [7, 11) is 0. The van der Waals surface area contributed by atoms with Crippen molar-refractivity contribution >= 4 is 0 Å². The molecule has 1 saturated carbocycles. The Morgan fingerprint density at radius 2 is 2.14 bits per heavy atom. The molecular weight excluding hydrogens is 176 g/mol. The van der Waals surface area contributed by atoms with Crippen molar-refractivity contribution in [2.75, 3.05) is 0 Å². The Kier molecular flexibility index (Phi) is 2.82. The summed E-state index contributed by atoms with van der Waals surface area (Å²) in [5.41, 5.74) is 5.84. The third-order valence-electron chi connectivity index (χ3n) is 2.98. The summed E-state index contributed by atoms with van der Waals surface area (Å²) >= 11 is 0. The van der Waals surface area contributed by atoms with Crippen molar-refractivity contribution in [3.8, 4) is 0 Å². The smallest absolute Gasteiger partial charge is 0.149 e. The lowest BCUT2D eigenvalue weighted by Crippen LogP contribution is -2.19. The lowest BCUT2D eigenvalue weighted by Gasteiger charge is -2.24. The zero-order valence-electron chi connectivity index (χ0n) is 8.69. The van der Waals surface area contributed by atoms with Crippen LogP contribution < -0.4 is 5.73 Å². The second kappa shape index (κ2) is 4.09. The highest BCUT2D eigenvalue weighted by atomic mass is 15.3. The molecule has 0 bridgehead atoms. The van der Waals surface area contributed by atoms with Crippen LogP contribution in [0, 0.1) is 0 Å². The van der Waals surface area contributed by atoms with Gasteiger partial charge in [-0.2, -0.15) is 0 Å². The van der Waals surface area contributed by atoms with Crippen LogP contribution in [0.5, 0.6) is 0 Å². The van der Waals surface area contributed by atoms with E-state index in [2.05, 4.69) is 14.8 Å². The minimum Gasteiger partial charge on any atom is -0.322 e. The van der Waals surface area contributed by atoms with Gasteiger partial charge in [0.2, 0.25) is 0 Å². The normalized spacial score (nSPS) is 21.0. The Balaban J connectivity index is 2.17. The lowest BCUT2D eigenvalue weighted by molar-refractivity contribution is 0.341. The largest absolute Gasteiger partial charge is 0.322 e. The lowest BCUT2D eigenvalue weighted by atomic mass is 9.95. The van der Waals surface area contributed by atoms with Gasteiger partial charge >= 0.3 is 0 Å². The average Bonchev–Trinajstić information content (AvgIpc) is 2.67. The second-order valence-electron chi connectivity index (χ2n) is 4.18. The van der Waals surface area contributed by atoms with E-state index in [-0.39, 0.29) is 6.04 Å². The van der Waals surface area contributed by atoms with E-state index in [4.69, 9.17) is 5.73 Å². The highest BCUT2D eigenvalue weighted by Crippen LogP contribution is 2.29. The van der Waals surface area contributed by atoms with Gasteiger partial charge in [-0.15, -0.1) is 10.2 Å². The molecule has 1 aromatic heterocycles. The van der Waals surface area contributed by atoms with Gasteiger partial charge < -0.3 is 10.3 Å². The zero-order valence-corrected chi connectivity index (χ0v) is 8.69. The fourth-order valence-corrected chi connectivity index (χ4v) is 2.22. The quantitative estimate of drug-likeness (QED) is 0.781. The minimum atomic E-state index is -0.0144. The van der Waals surface area contributed by atoms with E-state index >= 15 is 0 Å². The Bertz CT molecular complexity index is 286. The Morgan fingerprint density at radius 3 is 2.79 bits per heavy atom. The molecule has 2 rings (SSSR count). The first kappa shape index (κ1) is 9.65. The van der Waals surface area contributed by atoms with Gasteiger partial charge in [-0.3, -0.25) is 0 Å². The molecular formula is C10H18N4. The predicted octanol–water partition coefficient (Wildman–Crippen LogP) is 1.80. The fraction of sp³-hybridized carbons (Fsp3) is 0.800. The molecule has 0 aliphatic heterocycles. The van der Waals surface area contributed by atoms with E-state index in [0.717, 1.165) is 5.82 Å². The van der Waals surface area contributed by atoms with Gasteiger partial charge in [0.05, 0.1) is 6.04 Å².